The number of carbonyl (C=O) groups excluding carboxylic acids is 1. The highest BCUT2D eigenvalue weighted by Gasteiger charge is 2.10. The summed E-state index contributed by atoms with van der Waals surface area (Å²) in [6, 6.07) is 7.53. The van der Waals surface area contributed by atoms with Gasteiger partial charge in [-0.3, -0.25) is 9.78 Å². The molecule has 88 valence electrons. The van der Waals surface area contributed by atoms with E-state index < -0.39 is 0 Å². The van der Waals surface area contributed by atoms with E-state index in [0.717, 1.165) is 16.6 Å². The lowest BCUT2D eigenvalue weighted by Crippen LogP contribution is -2.08. The predicted octanol–water partition coefficient (Wildman–Crippen LogP) is 2.51. The number of fused-ring (bicyclic) bond motifs is 1. The maximum absolute atomic E-state index is 11.2. The van der Waals surface area contributed by atoms with Gasteiger partial charge < -0.3 is 10.1 Å². The van der Waals surface area contributed by atoms with Crippen LogP contribution in [0.25, 0.3) is 10.9 Å². The maximum Gasteiger partial charge on any atom is 0.221 e. The van der Waals surface area contributed by atoms with Crippen molar-refractivity contribution >= 4 is 22.5 Å². The molecule has 1 amide bonds. The predicted molar refractivity (Wildman–Crippen MR) is 67.3 cm³/mol. The minimum Gasteiger partial charge on any atom is -0.495 e. The Bertz CT molecular complexity index is 579. The van der Waals surface area contributed by atoms with Crippen LogP contribution in [0.2, 0.25) is 0 Å². The smallest absolute Gasteiger partial charge is 0.221 e. The van der Waals surface area contributed by atoms with Gasteiger partial charge in [0.1, 0.15) is 5.75 Å². The Labute approximate surface area is 99.6 Å². The largest absolute Gasteiger partial charge is 0.495 e. The van der Waals surface area contributed by atoms with Crippen LogP contribution in [0.5, 0.6) is 5.75 Å². The standard InChI is InChI=1S/C13H14N2O2/c1-8-4-5-10-11(14-8)6-7-12(17-3)13(10)15-9(2)16/h4-7H,1-3H3,(H,15,16). The Morgan fingerprint density at radius 2 is 2.06 bits per heavy atom. The highest BCUT2D eigenvalue weighted by atomic mass is 16.5. The number of nitrogens with one attached hydrogen (secondary N) is 1. The Hall–Kier alpha value is -2.10. The number of aromatic nitrogens is 1. The van der Waals surface area contributed by atoms with Crippen molar-refractivity contribution in [2.45, 2.75) is 13.8 Å². The first-order chi connectivity index (χ1) is 8.11. The average Bonchev–Trinajstić information content (AvgIpc) is 2.28. The molecule has 0 aliphatic carbocycles. The summed E-state index contributed by atoms with van der Waals surface area (Å²) in [5, 5.41) is 3.66. The van der Waals surface area contributed by atoms with Gasteiger partial charge in [0, 0.05) is 18.0 Å². The van der Waals surface area contributed by atoms with E-state index in [1.54, 1.807) is 13.2 Å². The van der Waals surface area contributed by atoms with Gasteiger partial charge >= 0.3 is 0 Å². The van der Waals surface area contributed by atoms with E-state index in [9.17, 15) is 4.79 Å². The number of methoxy groups -OCH3 is 1. The molecule has 0 unspecified atom stereocenters. The van der Waals surface area contributed by atoms with Crippen molar-refractivity contribution in [2.24, 2.45) is 0 Å². The summed E-state index contributed by atoms with van der Waals surface area (Å²) >= 11 is 0. The van der Waals surface area contributed by atoms with Gasteiger partial charge in [-0.15, -0.1) is 0 Å². The van der Waals surface area contributed by atoms with Crippen molar-refractivity contribution in [3.63, 3.8) is 0 Å². The van der Waals surface area contributed by atoms with Gasteiger partial charge in [-0.25, -0.2) is 0 Å². The molecule has 0 saturated heterocycles. The van der Waals surface area contributed by atoms with Crippen LogP contribution in [0.1, 0.15) is 12.6 Å². The molecule has 0 spiro atoms. The normalized spacial score (nSPS) is 10.3. The van der Waals surface area contributed by atoms with Gasteiger partial charge in [0.05, 0.1) is 18.3 Å². The van der Waals surface area contributed by atoms with Crippen LogP contribution in [0.3, 0.4) is 0 Å². The molecule has 0 fully saturated rings. The van der Waals surface area contributed by atoms with E-state index in [4.69, 9.17) is 4.74 Å². The molecule has 0 aliphatic heterocycles. The summed E-state index contributed by atoms with van der Waals surface area (Å²) in [6.45, 7) is 3.40. The molecule has 0 saturated carbocycles. The molecule has 1 aromatic heterocycles. The second-order valence-corrected chi connectivity index (χ2v) is 3.84. The van der Waals surface area contributed by atoms with Gasteiger partial charge in [-0.1, -0.05) is 0 Å². The van der Waals surface area contributed by atoms with E-state index in [1.807, 2.05) is 25.1 Å². The third-order valence-electron chi connectivity index (χ3n) is 2.49. The van der Waals surface area contributed by atoms with Crippen LogP contribution in [-0.2, 0) is 4.79 Å². The number of anilines is 1. The number of aryl methyl sites for hydroxylation is 1. The third kappa shape index (κ3) is 2.20. The van der Waals surface area contributed by atoms with Crippen LogP contribution in [0.15, 0.2) is 24.3 Å². The van der Waals surface area contributed by atoms with Crippen LogP contribution in [-0.4, -0.2) is 18.0 Å². The quantitative estimate of drug-likeness (QED) is 0.862. The molecule has 0 aliphatic rings. The van der Waals surface area contributed by atoms with Crippen molar-refractivity contribution in [3.05, 3.63) is 30.0 Å². The molecule has 17 heavy (non-hydrogen) atoms. The second-order valence-electron chi connectivity index (χ2n) is 3.84. The average molecular weight is 230 g/mol. The number of hydrogen-bond donors (Lipinski definition) is 1. The van der Waals surface area contributed by atoms with Crippen molar-refractivity contribution in [1.29, 1.82) is 0 Å². The lowest BCUT2D eigenvalue weighted by atomic mass is 10.1. The molecule has 0 bridgehead atoms. The number of benzene rings is 1. The van der Waals surface area contributed by atoms with E-state index in [-0.39, 0.29) is 5.91 Å². The number of carbonyl (C=O) groups is 1. The first kappa shape index (κ1) is 11.4. The molecule has 1 heterocycles. The van der Waals surface area contributed by atoms with Crippen molar-refractivity contribution in [3.8, 4) is 5.75 Å². The lowest BCUT2D eigenvalue weighted by molar-refractivity contribution is -0.114. The topological polar surface area (TPSA) is 51.2 Å². The van der Waals surface area contributed by atoms with Gasteiger partial charge in [0.25, 0.3) is 0 Å². The molecule has 2 aromatic rings. The molecular formula is C13H14N2O2. The molecule has 4 nitrogen and oxygen atoms in total. The molecule has 0 radical (unpaired) electrons. The van der Waals surface area contributed by atoms with E-state index in [2.05, 4.69) is 10.3 Å². The molecule has 2 rings (SSSR count). The van der Waals surface area contributed by atoms with Crippen LogP contribution >= 0.6 is 0 Å². The molecule has 0 atom stereocenters. The van der Waals surface area contributed by atoms with Gasteiger partial charge in [-0.2, -0.15) is 0 Å². The first-order valence-electron chi connectivity index (χ1n) is 5.34. The Morgan fingerprint density at radius 3 is 2.71 bits per heavy atom. The van der Waals surface area contributed by atoms with Gasteiger partial charge in [0.15, 0.2) is 0 Å². The number of nitrogens with zero attached hydrogens (tertiary/aromatic N) is 1. The van der Waals surface area contributed by atoms with E-state index >= 15 is 0 Å². The molecule has 4 heteroatoms. The van der Waals surface area contributed by atoms with Crippen LogP contribution in [0, 0.1) is 6.92 Å². The number of amides is 1. The number of rotatable bonds is 2. The summed E-state index contributed by atoms with van der Waals surface area (Å²) in [6.07, 6.45) is 0. The number of ether oxygens (including phenoxy) is 1. The van der Waals surface area contributed by atoms with Crippen molar-refractivity contribution in [2.75, 3.05) is 12.4 Å². The van der Waals surface area contributed by atoms with Crippen LogP contribution < -0.4 is 10.1 Å². The minimum atomic E-state index is -0.128. The monoisotopic (exact) mass is 230 g/mol. The van der Waals surface area contributed by atoms with Gasteiger partial charge in [-0.05, 0) is 31.2 Å². The zero-order valence-corrected chi connectivity index (χ0v) is 10.1. The Balaban J connectivity index is 2.69. The Morgan fingerprint density at radius 1 is 1.29 bits per heavy atom. The molecule has 1 aromatic carbocycles. The summed E-state index contributed by atoms with van der Waals surface area (Å²) in [7, 11) is 1.58. The fraction of sp³-hybridized carbons (Fsp3) is 0.231. The fourth-order valence-electron chi connectivity index (χ4n) is 1.76. The zero-order valence-electron chi connectivity index (χ0n) is 10.1. The second kappa shape index (κ2) is 4.41. The van der Waals surface area contributed by atoms with Crippen molar-refractivity contribution < 1.29 is 9.53 Å². The first-order valence-corrected chi connectivity index (χ1v) is 5.34. The summed E-state index contributed by atoms with van der Waals surface area (Å²) in [4.78, 5) is 15.6. The molecular weight excluding hydrogens is 216 g/mol. The van der Waals surface area contributed by atoms with Gasteiger partial charge in [0.2, 0.25) is 5.91 Å². The lowest BCUT2D eigenvalue weighted by Gasteiger charge is -2.12. The SMILES string of the molecule is COc1ccc2nc(C)ccc2c1NC(C)=O. The van der Waals surface area contributed by atoms with E-state index in [0.29, 0.717) is 11.4 Å². The number of hydrogen-bond acceptors (Lipinski definition) is 3. The zero-order chi connectivity index (χ0) is 12.4. The third-order valence-corrected chi connectivity index (χ3v) is 2.49. The fourth-order valence-corrected chi connectivity index (χ4v) is 1.76. The highest BCUT2D eigenvalue weighted by molar-refractivity contribution is 6.02. The molecule has 1 N–H and O–H groups in total. The van der Waals surface area contributed by atoms with E-state index in [1.165, 1.54) is 6.92 Å². The summed E-state index contributed by atoms with van der Waals surface area (Å²) < 4.78 is 5.24. The van der Waals surface area contributed by atoms with Crippen LogP contribution in [0.4, 0.5) is 5.69 Å². The highest BCUT2D eigenvalue weighted by Crippen LogP contribution is 2.32. The maximum atomic E-state index is 11.2. The minimum absolute atomic E-state index is 0.128. The summed E-state index contributed by atoms with van der Waals surface area (Å²) in [5.41, 5.74) is 2.45. The Kier molecular flexibility index (Phi) is 2.95. The summed E-state index contributed by atoms with van der Waals surface area (Å²) in [5.74, 6) is 0.509. The number of pyridine rings is 1. The van der Waals surface area contributed by atoms with Crippen molar-refractivity contribution in [1.82, 2.24) is 4.98 Å².